The molecule has 1 atom stereocenters. The lowest BCUT2D eigenvalue weighted by Crippen LogP contribution is -2.42. The Bertz CT molecular complexity index is 413. The van der Waals surface area contributed by atoms with E-state index in [4.69, 9.17) is 5.73 Å². The topological polar surface area (TPSA) is 46.3 Å². The Labute approximate surface area is 123 Å². The van der Waals surface area contributed by atoms with E-state index in [2.05, 4.69) is 27.7 Å². The normalized spacial score (nSPS) is 12.8. The molecule has 1 aromatic carbocycles. The van der Waals surface area contributed by atoms with E-state index in [1.807, 2.05) is 36.1 Å². The van der Waals surface area contributed by atoms with Crippen LogP contribution in [0.15, 0.2) is 24.3 Å². The minimum Gasteiger partial charge on any atom is -0.341 e. The molecule has 0 aliphatic rings. The molecule has 1 aromatic rings. The van der Waals surface area contributed by atoms with E-state index in [9.17, 15) is 4.79 Å². The van der Waals surface area contributed by atoms with Gasteiger partial charge in [0.1, 0.15) is 6.04 Å². The van der Waals surface area contributed by atoms with E-state index in [0.29, 0.717) is 11.8 Å². The number of rotatable bonds is 6. The van der Waals surface area contributed by atoms with Crippen molar-refractivity contribution in [3.05, 3.63) is 35.4 Å². The molecule has 3 heteroatoms. The van der Waals surface area contributed by atoms with Crippen molar-refractivity contribution in [3.8, 4) is 0 Å². The summed E-state index contributed by atoms with van der Waals surface area (Å²) in [5, 5.41) is 0. The lowest BCUT2D eigenvalue weighted by atomic mass is 10.0. The molecule has 112 valence electrons. The summed E-state index contributed by atoms with van der Waals surface area (Å²) in [6.07, 6.45) is 0. The fraction of sp³-hybridized carbons (Fsp3) is 0.588. The van der Waals surface area contributed by atoms with Crippen LogP contribution >= 0.6 is 0 Å². The Kier molecular flexibility index (Phi) is 6.21. The summed E-state index contributed by atoms with van der Waals surface area (Å²) < 4.78 is 0. The lowest BCUT2D eigenvalue weighted by Gasteiger charge is -2.29. The second-order valence-corrected chi connectivity index (χ2v) is 6.42. The fourth-order valence-corrected chi connectivity index (χ4v) is 2.25. The molecular weight excluding hydrogens is 248 g/mol. The molecule has 20 heavy (non-hydrogen) atoms. The summed E-state index contributed by atoms with van der Waals surface area (Å²) in [6.45, 7) is 12.0. The van der Waals surface area contributed by atoms with E-state index >= 15 is 0 Å². The molecule has 0 saturated carbocycles. The SMILES string of the molecule is Cc1ccc(C(N)C(=O)N(CC(C)C)CC(C)C)cc1. The van der Waals surface area contributed by atoms with Gasteiger partial charge in [-0.05, 0) is 24.3 Å². The molecule has 0 heterocycles. The van der Waals surface area contributed by atoms with Crippen molar-refractivity contribution in [2.75, 3.05) is 13.1 Å². The Morgan fingerprint density at radius 2 is 1.50 bits per heavy atom. The Morgan fingerprint density at radius 3 is 1.90 bits per heavy atom. The van der Waals surface area contributed by atoms with Crippen LogP contribution in [0.2, 0.25) is 0 Å². The van der Waals surface area contributed by atoms with Crippen molar-refractivity contribution in [2.45, 2.75) is 40.7 Å². The van der Waals surface area contributed by atoms with Crippen LogP contribution in [0.1, 0.15) is 44.9 Å². The zero-order valence-electron chi connectivity index (χ0n) is 13.4. The van der Waals surface area contributed by atoms with Crippen molar-refractivity contribution >= 4 is 5.91 Å². The van der Waals surface area contributed by atoms with E-state index in [-0.39, 0.29) is 5.91 Å². The number of hydrogen-bond donors (Lipinski definition) is 1. The van der Waals surface area contributed by atoms with Crippen LogP contribution in [0.5, 0.6) is 0 Å². The fourth-order valence-electron chi connectivity index (χ4n) is 2.25. The van der Waals surface area contributed by atoms with Gasteiger partial charge in [0, 0.05) is 13.1 Å². The van der Waals surface area contributed by atoms with Crippen LogP contribution in [-0.2, 0) is 4.79 Å². The van der Waals surface area contributed by atoms with Gasteiger partial charge in [-0.1, -0.05) is 57.5 Å². The third-order valence-corrected chi connectivity index (χ3v) is 3.19. The highest BCUT2D eigenvalue weighted by Crippen LogP contribution is 2.16. The first kappa shape index (κ1) is 16.7. The average Bonchev–Trinajstić information content (AvgIpc) is 2.36. The first-order valence-corrected chi connectivity index (χ1v) is 7.42. The first-order valence-electron chi connectivity index (χ1n) is 7.42. The Morgan fingerprint density at radius 1 is 1.05 bits per heavy atom. The van der Waals surface area contributed by atoms with Gasteiger partial charge in [0.05, 0.1) is 0 Å². The van der Waals surface area contributed by atoms with Crippen LogP contribution < -0.4 is 5.73 Å². The molecule has 0 bridgehead atoms. The van der Waals surface area contributed by atoms with Crippen LogP contribution in [0.25, 0.3) is 0 Å². The van der Waals surface area contributed by atoms with Crippen LogP contribution in [-0.4, -0.2) is 23.9 Å². The van der Waals surface area contributed by atoms with Gasteiger partial charge < -0.3 is 10.6 Å². The first-order chi connectivity index (χ1) is 9.31. The maximum atomic E-state index is 12.6. The Hall–Kier alpha value is -1.35. The van der Waals surface area contributed by atoms with E-state index in [0.717, 1.165) is 18.7 Å². The van der Waals surface area contributed by atoms with Gasteiger partial charge >= 0.3 is 0 Å². The van der Waals surface area contributed by atoms with Crippen LogP contribution in [0.3, 0.4) is 0 Å². The number of amides is 1. The molecule has 0 radical (unpaired) electrons. The van der Waals surface area contributed by atoms with Crippen LogP contribution in [0, 0.1) is 18.8 Å². The van der Waals surface area contributed by atoms with Crippen molar-refractivity contribution < 1.29 is 4.79 Å². The molecule has 3 nitrogen and oxygen atoms in total. The second kappa shape index (κ2) is 7.44. The molecule has 0 saturated heterocycles. The number of nitrogens with zero attached hydrogens (tertiary/aromatic N) is 1. The van der Waals surface area contributed by atoms with E-state index in [1.165, 1.54) is 5.56 Å². The number of nitrogens with two attached hydrogens (primary N) is 1. The predicted octanol–water partition coefficient (Wildman–Crippen LogP) is 3.14. The molecule has 0 spiro atoms. The number of benzene rings is 1. The van der Waals surface area contributed by atoms with Gasteiger partial charge in [0.2, 0.25) is 5.91 Å². The van der Waals surface area contributed by atoms with Crippen molar-refractivity contribution in [1.29, 1.82) is 0 Å². The standard InChI is InChI=1S/C17H28N2O/c1-12(2)10-19(11-13(3)4)17(20)16(18)15-8-6-14(5)7-9-15/h6-9,12-13,16H,10-11,18H2,1-5H3. The molecule has 0 aromatic heterocycles. The highest BCUT2D eigenvalue weighted by Gasteiger charge is 2.23. The van der Waals surface area contributed by atoms with Crippen molar-refractivity contribution in [2.24, 2.45) is 17.6 Å². The zero-order valence-corrected chi connectivity index (χ0v) is 13.4. The number of carbonyl (C=O) groups excluding carboxylic acids is 1. The van der Waals surface area contributed by atoms with Crippen molar-refractivity contribution in [3.63, 3.8) is 0 Å². The molecule has 1 amide bonds. The molecule has 1 rings (SSSR count). The second-order valence-electron chi connectivity index (χ2n) is 6.42. The smallest absolute Gasteiger partial charge is 0.244 e. The number of carbonyl (C=O) groups is 1. The average molecular weight is 276 g/mol. The predicted molar refractivity (Wildman–Crippen MR) is 84.4 cm³/mol. The monoisotopic (exact) mass is 276 g/mol. The van der Waals surface area contributed by atoms with Gasteiger partial charge in [0.15, 0.2) is 0 Å². The largest absolute Gasteiger partial charge is 0.341 e. The minimum absolute atomic E-state index is 0.0243. The van der Waals surface area contributed by atoms with Gasteiger partial charge in [-0.15, -0.1) is 0 Å². The number of hydrogen-bond acceptors (Lipinski definition) is 2. The minimum atomic E-state index is -0.562. The molecule has 0 aliphatic heterocycles. The van der Waals surface area contributed by atoms with Crippen molar-refractivity contribution in [1.82, 2.24) is 4.90 Å². The zero-order chi connectivity index (χ0) is 15.3. The third kappa shape index (κ3) is 4.97. The van der Waals surface area contributed by atoms with Gasteiger partial charge in [-0.2, -0.15) is 0 Å². The molecule has 2 N–H and O–H groups in total. The summed E-state index contributed by atoms with van der Waals surface area (Å²) >= 11 is 0. The molecule has 0 aliphatic carbocycles. The summed E-state index contributed by atoms with van der Waals surface area (Å²) in [5.41, 5.74) is 8.21. The summed E-state index contributed by atoms with van der Waals surface area (Å²) in [4.78, 5) is 14.5. The molecule has 1 unspecified atom stereocenters. The van der Waals surface area contributed by atoms with Gasteiger partial charge in [-0.3, -0.25) is 4.79 Å². The molecular formula is C17H28N2O. The van der Waals surface area contributed by atoms with E-state index in [1.54, 1.807) is 0 Å². The maximum Gasteiger partial charge on any atom is 0.244 e. The Balaban J connectivity index is 2.84. The number of aryl methyl sites for hydroxylation is 1. The molecule has 0 fully saturated rings. The van der Waals surface area contributed by atoms with Gasteiger partial charge in [0.25, 0.3) is 0 Å². The highest BCUT2D eigenvalue weighted by molar-refractivity contribution is 5.83. The summed E-state index contributed by atoms with van der Waals surface area (Å²) in [5.74, 6) is 0.919. The third-order valence-electron chi connectivity index (χ3n) is 3.19. The van der Waals surface area contributed by atoms with Gasteiger partial charge in [-0.25, -0.2) is 0 Å². The lowest BCUT2D eigenvalue weighted by molar-refractivity contribution is -0.133. The highest BCUT2D eigenvalue weighted by atomic mass is 16.2. The summed E-state index contributed by atoms with van der Waals surface area (Å²) in [7, 11) is 0. The summed E-state index contributed by atoms with van der Waals surface area (Å²) in [6, 6.07) is 7.32. The quantitative estimate of drug-likeness (QED) is 0.867. The van der Waals surface area contributed by atoms with Crippen LogP contribution in [0.4, 0.5) is 0 Å². The van der Waals surface area contributed by atoms with E-state index < -0.39 is 6.04 Å². The maximum absolute atomic E-state index is 12.6.